The lowest BCUT2D eigenvalue weighted by Gasteiger charge is -2.63. The molecule has 0 amide bonds. The number of para-hydroxylation sites is 1. The Labute approximate surface area is 334 Å². The number of fused-ring (bicyclic) bond motifs is 6. The number of carbonyl (C=O) groups excluding carboxylic acids is 1. The van der Waals surface area contributed by atoms with Crippen molar-refractivity contribution in [3.63, 3.8) is 0 Å². The van der Waals surface area contributed by atoms with Gasteiger partial charge < -0.3 is 29.6 Å². The van der Waals surface area contributed by atoms with Crippen LogP contribution in [0.15, 0.2) is 60.2 Å². The zero-order chi connectivity index (χ0) is 40.1. The highest BCUT2D eigenvalue weighted by Crippen LogP contribution is 2.67. The van der Waals surface area contributed by atoms with Crippen LogP contribution in [0.3, 0.4) is 0 Å². The first-order chi connectivity index (χ1) is 27.5. The molecule has 0 radical (unpaired) electrons. The Morgan fingerprint density at radius 2 is 1.89 bits per heavy atom. The van der Waals surface area contributed by atoms with Crippen molar-refractivity contribution in [1.82, 2.24) is 14.8 Å². The van der Waals surface area contributed by atoms with Crippen molar-refractivity contribution in [1.29, 1.82) is 5.26 Å². The maximum atomic E-state index is 14.1. The molecule has 3 aromatic rings. The lowest BCUT2D eigenvalue weighted by molar-refractivity contribution is -0.281. The molecule has 1 saturated heterocycles. The van der Waals surface area contributed by atoms with Gasteiger partial charge in [0.15, 0.2) is 0 Å². The summed E-state index contributed by atoms with van der Waals surface area (Å²) in [6.45, 7) is 7.21. The van der Waals surface area contributed by atoms with Crippen LogP contribution in [0.2, 0.25) is 0 Å². The molecule has 302 valence electrons. The number of likely N-dealkylation sites (N-methyl/N-ethyl adjacent to an activating group) is 1. The molecule has 3 N–H and O–H groups in total. The van der Waals surface area contributed by atoms with Crippen LogP contribution >= 0.6 is 0 Å². The van der Waals surface area contributed by atoms with E-state index < -0.39 is 40.0 Å². The standard InChI is InChI=1S/C45H55N5O7/c1-7-28-20-27-23-43(26-57-56-6,37-30(14-18-50(25-27)35(28)24-46)29-12-9-10-13-33(29)47-37)32-21-31-34(22-36(32)54-4)48(3)39-44(31)16-19-49-17-11-15-42(8-2,38(44)49)40(51)45(39,53)41(52)55-5/h9-13,15,20-22,27,35,38-40,47,51,53H,7-8,14,16-19,23,25-26H2,1-6H3/t27-,35?,38?,39?,40?,42+,43?,44+,45?/m0/s1. The smallest absolute Gasteiger partial charge is 0.342 e. The van der Waals surface area contributed by atoms with Gasteiger partial charge in [-0.3, -0.25) is 9.80 Å². The average molecular weight is 778 g/mol. The van der Waals surface area contributed by atoms with Crippen molar-refractivity contribution in [2.24, 2.45) is 11.3 Å². The molecule has 5 aliphatic heterocycles. The molecule has 57 heavy (non-hydrogen) atoms. The van der Waals surface area contributed by atoms with E-state index in [9.17, 15) is 20.3 Å². The fraction of sp³-hybridized carbons (Fsp3) is 0.556. The number of carbonyl (C=O) groups is 1. The van der Waals surface area contributed by atoms with Crippen molar-refractivity contribution in [2.45, 2.75) is 86.6 Å². The maximum Gasteiger partial charge on any atom is 0.342 e. The molecule has 2 bridgehead atoms. The lowest BCUT2D eigenvalue weighted by Crippen LogP contribution is -2.80. The second-order valence-electron chi connectivity index (χ2n) is 17.2. The lowest BCUT2D eigenvalue weighted by atomic mass is 9.47. The van der Waals surface area contributed by atoms with Gasteiger partial charge >= 0.3 is 5.97 Å². The van der Waals surface area contributed by atoms with E-state index in [-0.39, 0.29) is 24.6 Å². The topological polar surface area (TPSA) is 144 Å². The van der Waals surface area contributed by atoms with E-state index in [0.717, 1.165) is 58.5 Å². The second-order valence-corrected chi connectivity index (χ2v) is 17.2. The number of aromatic amines is 1. The minimum absolute atomic E-state index is 0.0568. The van der Waals surface area contributed by atoms with E-state index >= 15 is 0 Å². The highest BCUT2D eigenvalue weighted by Gasteiger charge is 2.79. The molecule has 9 rings (SSSR count). The number of hydrogen-bond donors (Lipinski definition) is 3. The van der Waals surface area contributed by atoms with Gasteiger partial charge in [-0.1, -0.05) is 50.3 Å². The summed E-state index contributed by atoms with van der Waals surface area (Å²) in [5.74, 6) is -0.139. The Bertz CT molecular complexity index is 2210. The molecular weight excluding hydrogens is 723 g/mol. The zero-order valence-electron chi connectivity index (χ0n) is 33.9. The maximum absolute atomic E-state index is 14.1. The number of H-pyrrole nitrogens is 1. The van der Waals surface area contributed by atoms with Crippen LogP contribution in [0, 0.1) is 22.7 Å². The summed E-state index contributed by atoms with van der Waals surface area (Å²) < 4.78 is 11.8. The van der Waals surface area contributed by atoms with Gasteiger partial charge in [-0.15, -0.1) is 0 Å². The molecule has 1 aromatic heterocycles. The highest BCUT2D eigenvalue weighted by molar-refractivity contribution is 5.88. The van der Waals surface area contributed by atoms with Crippen molar-refractivity contribution in [3.05, 3.63) is 82.6 Å². The Kier molecular flexibility index (Phi) is 9.20. The van der Waals surface area contributed by atoms with Gasteiger partial charge in [0.2, 0.25) is 5.60 Å². The largest absolute Gasteiger partial charge is 0.496 e. The van der Waals surface area contributed by atoms with Crippen molar-refractivity contribution in [2.75, 3.05) is 66.1 Å². The summed E-state index contributed by atoms with van der Waals surface area (Å²) in [4.78, 5) is 36.4. The summed E-state index contributed by atoms with van der Waals surface area (Å²) in [7, 11) is 6.42. The number of ether oxygens (including phenoxy) is 2. The quantitative estimate of drug-likeness (QED) is 0.129. The predicted octanol–water partition coefficient (Wildman–Crippen LogP) is 4.52. The van der Waals surface area contributed by atoms with Crippen LogP contribution in [0.4, 0.5) is 5.69 Å². The van der Waals surface area contributed by atoms with E-state index in [2.05, 4.69) is 76.3 Å². The number of aliphatic hydroxyl groups excluding tert-OH is 1. The molecule has 2 fully saturated rings. The van der Waals surface area contributed by atoms with Gasteiger partial charge in [-0.25, -0.2) is 14.6 Å². The number of anilines is 1. The minimum atomic E-state index is -2.25. The summed E-state index contributed by atoms with van der Waals surface area (Å²) in [5, 5.41) is 37.0. The number of benzene rings is 2. The molecule has 6 aliphatic rings. The Morgan fingerprint density at radius 3 is 2.61 bits per heavy atom. The monoisotopic (exact) mass is 777 g/mol. The van der Waals surface area contributed by atoms with Crippen molar-refractivity contribution < 1.29 is 34.3 Å². The van der Waals surface area contributed by atoms with E-state index in [4.69, 9.17) is 19.2 Å². The number of aromatic nitrogens is 1. The third-order valence-electron chi connectivity index (χ3n) is 15.1. The second kappa shape index (κ2) is 13.7. The van der Waals surface area contributed by atoms with Gasteiger partial charge in [0, 0.05) is 77.5 Å². The number of nitriles is 1. The first-order valence-corrected chi connectivity index (χ1v) is 20.5. The Morgan fingerprint density at radius 1 is 1.09 bits per heavy atom. The molecule has 1 aliphatic carbocycles. The Balaban J connectivity index is 1.35. The normalized spacial score (nSPS) is 36.5. The number of esters is 1. The molecule has 2 aromatic carbocycles. The van der Waals surface area contributed by atoms with Crippen LogP contribution in [0.5, 0.6) is 5.75 Å². The van der Waals surface area contributed by atoms with Gasteiger partial charge in [-0.05, 0) is 73.4 Å². The van der Waals surface area contributed by atoms with Crippen LogP contribution in [-0.4, -0.2) is 122 Å². The van der Waals surface area contributed by atoms with E-state index in [1.165, 1.54) is 19.8 Å². The fourth-order valence-electron chi connectivity index (χ4n) is 13.0. The minimum Gasteiger partial charge on any atom is -0.496 e. The van der Waals surface area contributed by atoms with Gasteiger partial charge in [-0.2, -0.15) is 5.26 Å². The number of nitrogens with one attached hydrogen (secondary N) is 1. The molecule has 7 unspecified atom stereocenters. The number of rotatable bonds is 8. The first kappa shape index (κ1) is 38.3. The van der Waals surface area contributed by atoms with Crippen LogP contribution in [-0.2, 0) is 36.6 Å². The summed E-state index contributed by atoms with van der Waals surface area (Å²) in [5.41, 5.74) is 2.29. The summed E-state index contributed by atoms with van der Waals surface area (Å²) >= 11 is 0. The third-order valence-corrected chi connectivity index (χ3v) is 15.1. The highest BCUT2D eigenvalue weighted by atomic mass is 17.2. The average Bonchev–Trinajstić information content (AvgIpc) is 3.90. The summed E-state index contributed by atoms with van der Waals surface area (Å²) in [6, 6.07) is 14.0. The molecule has 1 saturated carbocycles. The van der Waals surface area contributed by atoms with Crippen LogP contribution in [0.1, 0.15) is 61.9 Å². The van der Waals surface area contributed by atoms with Gasteiger partial charge in [0.25, 0.3) is 0 Å². The van der Waals surface area contributed by atoms with Gasteiger partial charge in [0.1, 0.15) is 17.9 Å². The molecule has 12 nitrogen and oxygen atoms in total. The zero-order valence-corrected chi connectivity index (χ0v) is 33.9. The third kappa shape index (κ3) is 4.90. The van der Waals surface area contributed by atoms with Crippen molar-refractivity contribution >= 4 is 22.6 Å². The molecule has 10 atom stereocenters. The van der Waals surface area contributed by atoms with E-state index in [0.29, 0.717) is 44.5 Å². The molecule has 1 spiro atoms. The predicted molar refractivity (Wildman–Crippen MR) is 215 cm³/mol. The number of aliphatic hydroxyl groups is 2. The summed E-state index contributed by atoms with van der Waals surface area (Å²) in [6.07, 6.45) is 8.32. The van der Waals surface area contributed by atoms with Crippen molar-refractivity contribution in [3.8, 4) is 11.8 Å². The van der Waals surface area contributed by atoms with Gasteiger partial charge in [0.05, 0.1) is 45.5 Å². The SMILES string of the molecule is CCC1=C[C@@H]2CN(CCc3c([nH]c4ccccc34)C(COOC)(c3cc4c(cc3OC)N(C)C3C(O)(C(=O)OC)C(O)[C@]5(CC)C=CCN6CC[C@]43C65)C2)C1C#N. The molecule has 12 heteroatoms. The Hall–Kier alpha value is -4.22. The van der Waals surface area contributed by atoms with Crippen LogP contribution < -0.4 is 9.64 Å². The molecule has 6 heterocycles. The van der Waals surface area contributed by atoms with E-state index in [1.807, 2.05) is 24.9 Å². The first-order valence-electron chi connectivity index (χ1n) is 20.5. The fourth-order valence-corrected chi connectivity index (χ4v) is 13.0. The number of methoxy groups -OCH3 is 2. The van der Waals surface area contributed by atoms with Crippen LogP contribution in [0.25, 0.3) is 10.9 Å². The number of hydrogen-bond acceptors (Lipinski definition) is 11. The molecular formula is C45H55N5O7. The number of nitrogens with zero attached hydrogens (tertiary/aromatic N) is 4. The van der Waals surface area contributed by atoms with E-state index in [1.54, 1.807) is 7.11 Å².